The molecule has 0 saturated carbocycles. The number of rotatable bonds is 1. The molecule has 0 aliphatic heterocycles. The molecule has 0 aliphatic rings. The van der Waals surface area contributed by atoms with Crippen LogP contribution in [0.15, 0.2) is 51.7 Å². The summed E-state index contributed by atoms with van der Waals surface area (Å²) < 4.78 is 6.03. The Morgan fingerprint density at radius 2 is 1.63 bits per heavy atom. The van der Waals surface area contributed by atoms with Crippen LogP contribution in [0.5, 0.6) is 0 Å². The van der Waals surface area contributed by atoms with Gasteiger partial charge in [0, 0.05) is 5.69 Å². The highest BCUT2D eigenvalue weighted by Crippen LogP contribution is 2.31. The molecule has 136 valence electrons. The van der Waals surface area contributed by atoms with E-state index in [0.717, 1.165) is 22.5 Å². The van der Waals surface area contributed by atoms with Gasteiger partial charge in [0.15, 0.2) is 0 Å². The van der Waals surface area contributed by atoms with Crippen molar-refractivity contribution in [3.63, 3.8) is 0 Å². The third kappa shape index (κ3) is 2.91. The van der Waals surface area contributed by atoms with Gasteiger partial charge in [-0.05, 0) is 60.7 Å². The van der Waals surface area contributed by atoms with E-state index in [1.807, 2.05) is 50.2 Å². The highest BCUT2D eigenvalue weighted by Gasteiger charge is 2.20. The first kappa shape index (κ1) is 17.4. The maximum absolute atomic E-state index is 13.2. The summed E-state index contributed by atoms with van der Waals surface area (Å²) in [5.74, 6) is 0. The third-order valence-corrected chi connectivity index (χ3v) is 4.92. The number of hydrogen-bond donors (Lipinski definition) is 0. The van der Waals surface area contributed by atoms with Crippen molar-refractivity contribution in [1.82, 2.24) is 9.97 Å². The minimum Gasteiger partial charge on any atom is -0.437 e. The van der Waals surface area contributed by atoms with Gasteiger partial charge in [0.2, 0.25) is 11.1 Å². The molecule has 0 N–H and O–H groups in total. The van der Waals surface area contributed by atoms with Crippen LogP contribution >= 0.6 is 0 Å². The lowest BCUT2D eigenvalue weighted by atomic mass is 9.83. The number of fused-ring (bicyclic) bond motifs is 2. The first-order valence-corrected chi connectivity index (χ1v) is 9.07. The van der Waals surface area contributed by atoms with Crippen LogP contribution in [0, 0.1) is 13.8 Å². The van der Waals surface area contributed by atoms with Crippen molar-refractivity contribution >= 4 is 22.1 Å². The molecule has 0 bridgehead atoms. The second-order valence-corrected chi connectivity index (χ2v) is 8.01. The van der Waals surface area contributed by atoms with E-state index in [1.54, 1.807) is 6.07 Å². The lowest BCUT2D eigenvalue weighted by molar-refractivity contribution is 0.585. The Labute approximate surface area is 157 Å². The fourth-order valence-corrected chi connectivity index (χ4v) is 3.62. The zero-order chi connectivity index (χ0) is 19.3. The number of hydrogen-bond acceptors (Lipinski definition) is 4. The molecule has 4 rings (SSSR count). The number of aromatic nitrogens is 2. The second-order valence-electron chi connectivity index (χ2n) is 8.01. The molecule has 0 unspecified atom stereocenters. The molecular formula is C23H22N2O2. The Balaban J connectivity index is 2.00. The molecule has 3 aromatic heterocycles. The zero-order valence-corrected chi connectivity index (χ0v) is 16.3. The van der Waals surface area contributed by atoms with Gasteiger partial charge in [-0.3, -0.25) is 9.78 Å². The first-order valence-electron chi connectivity index (χ1n) is 9.07. The summed E-state index contributed by atoms with van der Waals surface area (Å²) in [7, 11) is 0. The number of nitrogens with zero attached hydrogens (tertiary/aromatic N) is 2. The zero-order valence-electron chi connectivity index (χ0n) is 16.3. The average molecular weight is 358 g/mol. The summed E-state index contributed by atoms with van der Waals surface area (Å²) in [4.78, 5) is 22.2. The minimum atomic E-state index is -0.0430. The highest BCUT2D eigenvalue weighted by molar-refractivity contribution is 5.91. The molecule has 0 fully saturated rings. The van der Waals surface area contributed by atoms with Gasteiger partial charge < -0.3 is 4.42 Å². The monoisotopic (exact) mass is 358 g/mol. The summed E-state index contributed by atoms with van der Waals surface area (Å²) in [6, 6.07) is 13.3. The van der Waals surface area contributed by atoms with Gasteiger partial charge in [-0.1, -0.05) is 32.9 Å². The van der Waals surface area contributed by atoms with Crippen molar-refractivity contribution < 1.29 is 4.42 Å². The normalized spacial score (nSPS) is 12.0. The Kier molecular flexibility index (Phi) is 3.88. The summed E-state index contributed by atoms with van der Waals surface area (Å²) in [5.41, 5.74) is 5.33. The van der Waals surface area contributed by atoms with Gasteiger partial charge in [0.1, 0.15) is 5.58 Å². The number of pyridine rings is 2. The van der Waals surface area contributed by atoms with Crippen molar-refractivity contribution in [3.05, 3.63) is 69.5 Å². The van der Waals surface area contributed by atoms with Crippen LogP contribution in [0.1, 0.15) is 37.6 Å². The maximum Gasteiger partial charge on any atom is 0.231 e. The van der Waals surface area contributed by atoms with E-state index in [1.165, 1.54) is 0 Å². The molecule has 0 saturated heterocycles. The van der Waals surface area contributed by atoms with Crippen molar-refractivity contribution in [2.45, 2.75) is 40.0 Å². The van der Waals surface area contributed by atoms with Crippen LogP contribution in [0.4, 0.5) is 0 Å². The Bertz CT molecular complexity index is 1250. The molecule has 0 spiro atoms. The van der Waals surface area contributed by atoms with E-state index in [4.69, 9.17) is 4.42 Å². The number of aryl methyl sites for hydroxylation is 2. The van der Waals surface area contributed by atoms with Crippen LogP contribution < -0.4 is 5.43 Å². The van der Waals surface area contributed by atoms with Crippen LogP contribution in [0.3, 0.4) is 0 Å². The van der Waals surface area contributed by atoms with Crippen LogP contribution in [0.25, 0.3) is 33.5 Å². The van der Waals surface area contributed by atoms with E-state index in [0.29, 0.717) is 27.8 Å². The Morgan fingerprint density at radius 3 is 2.33 bits per heavy atom. The van der Waals surface area contributed by atoms with Crippen molar-refractivity contribution in [3.8, 4) is 11.4 Å². The first-order chi connectivity index (χ1) is 12.8. The van der Waals surface area contributed by atoms with E-state index in [9.17, 15) is 4.79 Å². The standard InChI is InChI=1S/C23H22N2O2/c1-13-7-6-8-17(24-13)18-11-9-15-21(26)20-14(2)16(23(3,4)5)10-12-19(20)27-22(15)25-18/h6-12H,1-5H3. The molecule has 4 heteroatoms. The van der Waals surface area contributed by atoms with E-state index in [-0.39, 0.29) is 10.8 Å². The molecule has 0 amide bonds. The van der Waals surface area contributed by atoms with Crippen molar-refractivity contribution in [2.24, 2.45) is 0 Å². The quantitative estimate of drug-likeness (QED) is 0.432. The van der Waals surface area contributed by atoms with Crippen LogP contribution in [0.2, 0.25) is 0 Å². The molecule has 4 aromatic rings. The molecule has 1 aromatic carbocycles. The smallest absolute Gasteiger partial charge is 0.231 e. The summed E-state index contributed by atoms with van der Waals surface area (Å²) in [6.07, 6.45) is 0. The van der Waals surface area contributed by atoms with E-state index in [2.05, 4.69) is 30.7 Å². The summed E-state index contributed by atoms with van der Waals surface area (Å²) in [6.45, 7) is 10.4. The summed E-state index contributed by atoms with van der Waals surface area (Å²) >= 11 is 0. The molecule has 4 nitrogen and oxygen atoms in total. The van der Waals surface area contributed by atoms with Gasteiger partial charge in [0.05, 0.1) is 22.2 Å². The fourth-order valence-electron chi connectivity index (χ4n) is 3.62. The third-order valence-electron chi connectivity index (χ3n) is 4.92. The molecule has 0 atom stereocenters. The molecule has 27 heavy (non-hydrogen) atoms. The Morgan fingerprint density at radius 1 is 0.889 bits per heavy atom. The SMILES string of the molecule is Cc1cccc(-c2ccc3c(=O)c4c(C)c(C(C)(C)C)ccc4oc3n2)n1. The molecule has 0 aliphatic carbocycles. The van der Waals surface area contributed by atoms with Crippen molar-refractivity contribution in [2.75, 3.05) is 0 Å². The van der Waals surface area contributed by atoms with E-state index >= 15 is 0 Å². The lowest BCUT2D eigenvalue weighted by Crippen LogP contribution is -2.15. The predicted molar refractivity (Wildman–Crippen MR) is 109 cm³/mol. The maximum atomic E-state index is 13.2. The molecule has 0 radical (unpaired) electrons. The highest BCUT2D eigenvalue weighted by atomic mass is 16.3. The predicted octanol–water partition coefficient (Wildman–Crippen LogP) is 5.32. The molecule has 3 heterocycles. The fraction of sp³-hybridized carbons (Fsp3) is 0.261. The lowest BCUT2D eigenvalue weighted by Gasteiger charge is -2.22. The molecular weight excluding hydrogens is 336 g/mol. The van der Waals surface area contributed by atoms with Crippen LogP contribution in [-0.2, 0) is 5.41 Å². The Hall–Kier alpha value is -3.01. The largest absolute Gasteiger partial charge is 0.437 e. The van der Waals surface area contributed by atoms with Gasteiger partial charge in [-0.15, -0.1) is 0 Å². The van der Waals surface area contributed by atoms with Gasteiger partial charge in [0.25, 0.3) is 0 Å². The van der Waals surface area contributed by atoms with Crippen molar-refractivity contribution in [1.29, 1.82) is 0 Å². The second kappa shape index (κ2) is 6.02. The number of benzene rings is 1. The summed E-state index contributed by atoms with van der Waals surface area (Å²) in [5, 5.41) is 1.13. The van der Waals surface area contributed by atoms with Crippen LogP contribution in [-0.4, -0.2) is 9.97 Å². The van der Waals surface area contributed by atoms with E-state index < -0.39 is 0 Å². The topological polar surface area (TPSA) is 56.0 Å². The van der Waals surface area contributed by atoms with Gasteiger partial charge in [-0.2, -0.15) is 0 Å². The van der Waals surface area contributed by atoms with Gasteiger partial charge >= 0.3 is 0 Å². The average Bonchev–Trinajstić information content (AvgIpc) is 2.60. The minimum absolute atomic E-state index is 0.0360. The van der Waals surface area contributed by atoms with Gasteiger partial charge in [-0.25, -0.2) is 4.98 Å².